The Morgan fingerprint density at radius 3 is 1.25 bits per heavy atom. The van der Waals surface area contributed by atoms with Crippen LogP contribution in [0, 0.1) is 35.6 Å². The number of hydrogen-bond donors (Lipinski definition) is 0. The van der Waals surface area contributed by atoms with Crippen LogP contribution in [0.3, 0.4) is 0 Å². The minimum atomic E-state index is 0. The fraction of sp³-hybridized carbons (Fsp3) is 0. The summed E-state index contributed by atoms with van der Waals surface area (Å²) in [7, 11) is 0. The van der Waals surface area contributed by atoms with E-state index in [1.807, 2.05) is 0 Å². The molecule has 0 nitrogen and oxygen atoms in total. The molecule has 0 aliphatic carbocycles. The van der Waals surface area contributed by atoms with Crippen LogP contribution in [0.1, 0.15) is 1.43 Å². The molecule has 0 N–H and O–H groups in total. The molecule has 0 aliphatic heterocycles. The van der Waals surface area contributed by atoms with Crippen LogP contribution in [0.25, 0.3) is 0 Å². The van der Waals surface area contributed by atoms with Crippen LogP contribution in [-0.2, 0) is 18.6 Å². The summed E-state index contributed by atoms with van der Waals surface area (Å²) in [6.07, 6.45) is 0. The minimum Gasteiger partial charge on any atom is -1.00 e. The molecule has 0 heterocycles. The van der Waals surface area contributed by atoms with Gasteiger partial charge in [-0.2, -0.15) is 9.90 Å². The Kier molecular flexibility index (Phi) is 94.0. The van der Waals surface area contributed by atoms with E-state index in [-0.39, 0.29) is 134 Å². The summed E-state index contributed by atoms with van der Waals surface area (Å²) in [5, 5.41) is 0. The summed E-state index contributed by atoms with van der Waals surface area (Å²) in [6.45, 7) is 0. The Labute approximate surface area is 130 Å². The summed E-state index contributed by atoms with van der Waals surface area (Å²) in [5.74, 6) is 0. The molecule has 0 aromatic heterocycles. The summed E-state index contributed by atoms with van der Waals surface area (Å²) >= 11 is 0. The Hall–Kier alpha value is 4.26. The summed E-state index contributed by atoms with van der Waals surface area (Å²) in [4.78, 5) is 0. The van der Waals surface area contributed by atoms with Crippen LogP contribution in [0.2, 0.25) is 0 Å². The third-order valence-electron chi connectivity index (χ3n) is 0. The molecule has 4 heavy (non-hydrogen) atoms. The molecule has 1 unspecified atom stereocenters. The van der Waals surface area contributed by atoms with Gasteiger partial charge in [-0.1, -0.05) is 0 Å². The van der Waals surface area contributed by atoms with Crippen LogP contribution in [0.4, 0.5) is 0 Å². The maximum Gasteiger partial charge on any atom is 1.00 e. The summed E-state index contributed by atoms with van der Waals surface area (Å²) < 4.78 is 0. The molecular formula is H4CsLaPV. The van der Waals surface area contributed by atoms with Crippen LogP contribution in [0.5, 0.6) is 0 Å². The van der Waals surface area contributed by atoms with E-state index in [1.165, 1.54) is 0 Å². The zero-order chi connectivity index (χ0) is 0. The van der Waals surface area contributed by atoms with Gasteiger partial charge in [0.1, 0.15) is 0 Å². The van der Waals surface area contributed by atoms with E-state index in [9.17, 15) is 0 Å². The molecule has 0 aliphatic rings. The van der Waals surface area contributed by atoms with Crippen molar-refractivity contribution in [2.45, 2.75) is 0 Å². The summed E-state index contributed by atoms with van der Waals surface area (Å²) in [5.41, 5.74) is 0. The molecule has 0 fully saturated rings. The van der Waals surface area contributed by atoms with E-state index >= 15 is 0 Å². The second-order valence-corrected chi connectivity index (χ2v) is 0. The number of rotatable bonds is 0. The van der Waals surface area contributed by atoms with Gasteiger partial charge in [-0.25, -0.2) is 0 Å². The second kappa shape index (κ2) is 15.7. The molecule has 18 valence electrons. The van der Waals surface area contributed by atoms with Crippen molar-refractivity contribution in [3.8, 4) is 0 Å². The van der Waals surface area contributed by atoms with Crippen molar-refractivity contribution in [2.24, 2.45) is 0 Å². The van der Waals surface area contributed by atoms with Crippen molar-refractivity contribution in [2.75, 3.05) is 0 Å². The van der Waals surface area contributed by atoms with Gasteiger partial charge >= 0.3 is 68.9 Å². The molecule has 0 rings (SSSR count). The van der Waals surface area contributed by atoms with Gasteiger partial charge in [0.25, 0.3) is 0 Å². The van der Waals surface area contributed by atoms with E-state index in [1.54, 1.807) is 0 Å². The van der Waals surface area contributed by atoms with Crippen molar-refractivity contribution in [3.05, 3.63) is 0 Å². The first-order valence-corrected chi connectivity index (χ1v) is 0. The predicted molar refractivity (Wildman–Crippen MR) is 12.2 cm³/mol. The van der Waals surface area contributed by atoms with Gasteiger partial charge in [0.15, 0.2) is 0 Å². The van der Waals surface area contributed by atoms with E-state index in [4.69, 9.17) is 0 Å². The van der Waals surface area contributed by atoms with E-state index in [0.717, 1.165) is 0 Å². The third-order valence-corrected chi connectivity index (χ3v) is 0. The number of hydrogen-bond acceptors (Lipinski definition) is 0. The maximum absolute atomic E-state index is 0. The van der Waals surface area contributed by atoms with Gasteiger partial charge in [0.05, 0.1) is 0 Å². The molecule has 0 amide bonds. The Morgan fingerprint density at radius 1 is 1.25 bits per heavy atom. The van der Waals surface area contributed by atoms with E-state index < -0.39 is 0 Å². The molecule has 0 spiro atoms. The minimum absolute atomic E-state index is 0. The molecule has 4 heteroatoms. The fourth-order valence-corrected chi connectivity index (χ4v) is 0. The molecule has 0 saturated carbocycles. The first kappa shape index (κ1) is 24.0. The smallest absolute Gasteiger partial charge is 1.00 e. The first-order valence-electron chi connectivity index (χ1n) is 0. The van der Waals surface area contributed by atoms with Gasteiger partial charge in [-0.3, -0.25) is 0 Å². The standard InChI is InChI=1S/Cs.La.H3P.V.H/h;;1H3;;/q+1;;;;-1. The molecule has 2 radical (unpaired) electrons. The zero-order valence-corrected chi connectivity index (χ0v) is 15.4. The topological polar surface area (TPSA) is 0 Å². The molecular weight excluding hydrogens is 354 g/mol. The largest absolute Gasteiger partial charge is 1.00 e. The van der Waals surface area contributed by atoms with E-state index in [2.05, 4.69) is 0 Å². The van der Waals surface area contributed by atoms with Crippen LogP contribution >= 0.6 is 9.90 Å². The van der Waals surface area contributed by atoms with Crippen LogP contribution in [0.15, 0.2) is 0 Å². The SMILES string of the molecule is P.[Cs+].[H-].[La].[V]. The normalized spacial score (nSPS) is 0. The predicted octanol–water partition coefficient (Wildman–Crippen LogP) is -2.83. The summed E-state index contributed by atoms with van der Waals surface area (Å²) in [6, 6.07) is 0. The third kappa shape index (κ3) is 9.54. The van der Waals surface area contributed by atoms with Crippen LogP contribution in [-0.4, -0.2) is 0 Å². The van der Waals surface area contributed by atoms with Crippen molar-refractivity contribution in [3.63, 3.8) is 0 Å². The van der Waals surface area contributed by atoms with Crippen molar-refractivity contribution in [1.82, 2.24) is 0 Å². The van der Waals surface area contributed by atoms with Crippen molar-refractivity contribution < 1.29 is 124 Å². The monoisotopic (exact) mass is 358 g/mol. The maximum atomic E-state index is 0. The first-order chi connectivity index (χ1) is 0. The van der Waals surface area contributed by atoms with Gasteiger partial charge in [-0.15, -0.1) is 0 Å². The quantitative estimate of drug-likeness (QED) is 0.410. The Morgan fingerprint density at radius 2 is 1.25 bits per heavy atom. The average Bonchev–Trinajstić information content (AvgIpc) is 0. The Bertz CT molecular complexity index is 11.6. The second-order valence-electron chi connectivity index (χ2n) is 0. The zero-order valence-electron chi connectivity index (χ0n) is 3.73. The average molecular weight is 358 g/mol. The van der Waals surface area contributed by atoms with Gasteiger partial charge < -0.3 is 1.43 Å². The van der Waals surface area contributed by atoms with Crippen molar-refractivity contribution in [1.29, 1.82) is 0 Å². The molecule has 1 atom stereocenters. The fourth-order valence-electron chi connectivity index (χ4n) is 0. The molecule has 0 saturated heterocycles. The van der Waals surface area contributed by atoms with E-state index in [0.29, 0.717) is 0 Å². The molecule has 0 bridgehead atoms. The molecule has 0 aromatic rings. The Balaban J connectivity index is 0. The van der Waals surface area contributed by atoms with Crippen LogP contribution < -0.4 is 68.9 Å². The van der Waals surface area contributed by atoms with Gasteiger partial charge in [0, 0.05) is 54.2 Å². The van der Waals surface area contributed by atoms with Crippen molar-refractivity contribution >= 4 is 9.90 Å². The van der Waals surface area contributed by atoms with Gasteiger partial charge in [-0.05, 0) is 0 Å². The molecule has 0 aromatic carbocycles. The van der Waals surface area contributed by atoms with Gasteiger partial charge in [0.2, 0.25) is 0 Å².